The minimum absolute atomic E-state index is 0.130. The lowest BCUT2D eigenvalue weighted by molar-refractivity contribution is 0.0970. The Morgan fingerprint density at radius 2 is 1.95 bits per heavy atom. The summed E-state index contributed by atoms with van der Waals surface area (Å²) < 4.78 is 44.5. The van der Waals surface area contributed by atoms with E-state index in [1.807, 2.05) is 24.0 Å². The van der Waals surface area contributed by atoms with Crippen LogP contribution in [-0.4, -0.2) is 76.7 Å². The van der Waals surface area contributed by atoms with Gasteiger partial charge in [0, 0.05) is 37.6 Å². The van der Waals surface area contributed by atoms with Crippen molar-refractivity contribution in [1.82, 2.24) is 25.2 Å². The molecule has 3 heterocycles. The molecule has 2 aliphatic heterocycles. The van der Waals surface area contributed by atoms with Gasteiger partial charge in [-0.15, -0.1) is 0 Å². The van der Waals surface area contributed by atoms with Crippen LogP contribution in [0.3, 0.4) is 0 Å². The largest absolute Gasteiger partial charge is 0.491 e. The summed E-state index contributed by atoms with van der Waals surface area (Å²) in [6.07, 6.45) is 2.93. The summed E-state index contributed by atoms with van der Waals surface area (Å²) in [6, 6.07) is 13.8. The first-order valence-electron chi connectivity index (χ1n) is 13.2. The molecule has 3 aromatic rings. The van der Waals surface area contributed by atoms with Gasteiger partial charge in [0.1, 0.15) is 18.5 Å². The molecule has 1 saturated heterocycles. The van der Waals surface area contributed by atoms with Crippen LogP contribution in [0.15, 0.2) is 70.8 Å². The summed E-state index contributed by atoms with van der Waals surface area (Å²) >= 11 is 0. The first-order valence-corrected chi connectivity index (χ1v) is 14.6. The lowest BCUT2D eigenvalue weighted by Crippen LogP contribution is -2.46. The second-order valence-corrected chi connectivity index (χ2v) is 11.2. The van der Waals surface area contributed by atoms with Gasteiger partial charge >= 0.3 is 0 Å². The van der Waals surface area contributed by atoms with Crippen LogP contribution in [0.4, 0.5) is 5.69 Å². The van der Waals surface area contributed by atoms with Gasteiger partial charge < -0.3 is 19.1 Å². The van der Waals surface area contributed by atoms with Gasteiger partial charge in [0.15, 0.2) is 11.5 Å². The van der Waals surface area contributed by atoms with E-state index in [2.05, 4.69) is 20.3 Å². The van der Waals surface area contributed by atoms with Crippen LogP contribution in [0.25, 0.3) is 0 Å². The molecule has 3 N–H and O–H groups in total. The molecule has 5 rings (SSSR count). The SMILES string of the molecule is COc1c(OCCOCCNS(=O)(=O)c2ccc(C)cc2)ccc2c1N=C(NC(=O)c1cccnc1)N1CCNC21. The van der Waals surface area contributed by atoms with E-state index in [0.29, 0.717) is 35.3 Å². The average Bonchev–Trinajstić information content (AvgIpc) is 3.48. The quantitative estimate of drug-likeness (QED) is 0.291. The lowest BCUT2D eigenvalue weighted by atomic mass is 10.1. The molecule has 1 fully saturated rings. The highest BCUT2D eigenvalue weighted by Gasteiger charge is 2.36. The van der Waals surface area contributed by atoms with Gasteiger partial charge in [-0.3, -0.25) is 20.4 Å². The van der Waals surface area contributed by atoms with Crippen LogP contribution in [-0.2, 0) is 14.8 Å². The van der Waals surface area contributed by atoms with Crippen molar-refractivity contribution in [1.29, 1.82) is 0 Å². The molecule has 1 amide bonds. The standard InChI is InChI=1S/C28H32N6O6S/c1-19-5-7-21(8-6-19)41(36,37)31-13-15-39-16-17-40-23-10-9-22-24(25(23)38-2)32-28(34-14-12-30-26(22)34)33-27(35)20-4-3-11-29-18-20/h3-11,18,26,30-31H,12-17H2,1-2H3,(H,32,33,35). The maximum atomic E-state index is 12.8. The van der Waals surface area contributed by atoms with Crippen molar-refractivity contribution < 1.29 is 27.4 Å². The number of aromatic nitrogens is 1. The number of hydrogen-bond donors (Lipinski definition) is 3. The number of carbonyl (C=O) groups is 1. The minimum Gasteiger partial charge on any atom is -0.491 e. The summed E-state index contributed by atoms with van der Waals surface area (Å²) in [5.41, 5.74) is 2.88. The number of aryl methyl sites for hydroxylation is 1. The molecule has 1 unspecified atom stereocenters. The zero-order valence-corrected chi connectivity index (χ0v) is 23.6. The zero-order valence-electron chi connectivity index (χ0n) is 22.8. The van der Waals surface area contributed by atoms with E-state index in [0.717, 1.165) is 17.7 Å². The lowest BCUT2D eigenvalue weighted by Gasteiger charge is -2.33. The second-order valence-electron chi connectivity index (χ2n) is 9.39. The Bertz CT molecular complexity index is 1520. The number of aliphatic imine (C=N–C) groups is 1. The molecule has 0 bridgehead atoms. The van der Waals surface area contributed by atoms with Crippen molar-refractivity contribution in [2.75, 3.05) is 46.6 Å². The Morgan fingerprint density at radius 3 is 2.71 bits per heavy atom. The third-order valence-electron chi connectivity index (χ3n) is 6.62. The van der Waals surface area contributed by atoms with Gasteiger partial charge in [0.25, 0.3) is 5.91 Å². The summed E-state index contributed by atoms with van der Waals surface area (Å²) in [6.45, 7) is 4.06. The Balaban J connectivity index is 1.19. The van der Waals surface area contributed by atoms with Gasteiger partial charge in [-0.05, 0) is 43.3 Å². The third kappa shape index (κ3) is 6.49. The van der Waals surface area contributed by atoms with Crippen LogP contribution < -0.4 is 24.8 Å². The molecular formula is C28H32N6O6S. The Morgan fingerprint density at radius 1 is 1.12 bits per heavy atom. The zero-order chi connectivity index (χ0) is 28.8. The maximum absolute atomic E-state index is 12.8. The van der Waals surface area contributed by atoms with E-state index in [-0.39, 0.29) is 43.3 Å². The highest BCUT2D eigenvalue weighted by Crippen LogP contribution is 2.46. The number of amides is 1. The summed E-state index contributed by atoms with van der Waals surface area (Å²) in [4.78, 5) is 23.8. The van der Waals surface area contributed by atoms with E-state index in [1.54, 1.807) is 42.6 Å². The van der Waals surface area contributed by atoms with Gasteiger partial charge in [0.05, 0.1) is 30.8 Å². The number of ether oxygens (including phenoxy) is 3. The number of sulfonamides is 1. The number of nitrogens with zero attached hydrogens (tertiary/aromatic N) is 3. The molecule has 0 spiro atoms. The minimum atomic E-state index is -3.59. The molecule has 0 saturated carbocycles. The number of pyridine rings is 1. The highest BCUT2D eigenvalue weighted by atomic mass is 32.2. The number of carbonyl (C=O) groups excluding carboxylic acids is 1. The molecule has 2 aliphatic rings. The van der Waals surface area contributed by atoms with Crippen LogP contribution in [0.2, 0.25) is 0 Å². The molecule has 1 aromatic heterocycles. The summed E-state index contributed by atoms with van der Waals surface area (Å²) in [5, 5.41) is 6.35. The highest BCUT2D eigenvalue weighted by molar-refractivity contribution is 7.89. The van der Waals surface area contributed by atoms with E-state index in [1.165, 1.54) is 13.3 Å². The van der Waals surface area contributed by atoms with E-state index in [9.17, 15) is 13.2 Å². The fourth-order valence-electron chi connectivity index (χ4n) is 4.58. The number of methoxy groups -OCH3 is 1. The number of guanidine groups is 1. The van der Waals surface area contributed by atoms with Crippen LogP contribution in [0, 0.1) is 6.92 Å². The first-order chi connectivity index (χ1) is 19.9. The first kappa shape index (κ1) is 28.5. The summed E-state index contributed by atoms with van der Waals surface area (Å²) in [7, 11) is -2.05. The Kier molecular flexibility index (Phi) is 8.78. The molecule has 1 atom stereocenters. The smallest absolute Gasteiger partial charge is 0.259 e. The average molecular weight is 581 g/mol. The topological polar surface area (TPSA) is 143 Å². The van der Waals surface area contributed by atoms with Crippen molar-refractivity contribution in [3.05, 3.63) is 77.6 Å². The fraction of sp³-hybridized carbons (Fsp3) is 0.321. The number of rotatable bonds is 11. The molecule has 13 heteroatoms. The number of benzene rings is 2. The van der Waals surface area contributed by atoms with Crippen LogP contribution in [0.1, 0.15) is 27.7 Å². The third-order valence-corrected chi connectivity index (χ3v) is 8.10. The van der Waals surface area contributed by atoms with Crippen molar-refractivity contribution in [2.45, 2.75) is 18.0 Å². The molecule has 2 aromatic carbocycles. The normalized spacial score (nSPS) is 16.0. The number of fused-ring (bicyclic) bond motifs is 3. The molecule has 216 valence electrons. The molecule has 0 radical (unpaired) electrons. The van der Waals surface area contributed by atoms with Gasteiger partial charge in [-0.1, -0.05) is 17.7 Å². The molecule has 12 nitrogen and oxygen atoms in total. The fourth-order valence-corrected chi connectivity index (χ4v) is 5.60. The Labute approximate surface area is 238 Å². The van der Waals surface area contributed by atoms with Gasteiger partial charge in [-0.2, -0.15) is 0 Å². The number of nitrogens with one attached hydrogen (secondary N) is 3. The van der Waals surface area contributed by atoms with Crippen molar-refractivity contribution in [2.24, 2.45) is 4.99 Å². The molecular weight excluding hydrogens is 548 g/mol. The second kappa shape index (κ2) is 12.6. The molecule has 41 heavy (non-hydrogen) atoms. The van der Waals surface area contributed by atoms with Crippen molar-refractivity contribution in [3.8, 4) is 11.5 Å². The van der Waals surface area contributed by atoms with Gasteiger partial charge in [0.2, 0.25) is 16.0 Å². The molecule has 0 aliphatic carbocycles. The monoisotopic (exact) mass is 580 g/mol. The van der Waals surface area contributed by atoms with E-state index < -0.39 is 10.0 Å². The Hall–Kier alpha value is -4.04. The van der Waals surface area contributed by atoms with Crippen molar-refractivity contribution >= 4 is 27.6 Å². The van der Waals surface area contributed by atoms with Crippen molar-refractivity contribution in [3.63, 3.8) is 0 Å². The van der Waals surface area contributed by atoms with E-state index >= 15 is 0 Å². The predicted molar refractivity (Wildman–Crippen MR) is 152 cm³/mol. The predicted octanol–water partition coefficient (Wildman–Crippen LogP) is 2.11. The van der Waals surface area contributed by atoms with E-state index in [4.69, 9.17) is 19.2 Å². The van der Waals surface area contributed by atoms with Crippen LogP contribution >= 0.6 is 0 Å². The number of hydrogen-bond acceptors (Lipinski definition) is 10. The maximum Gasteiger partial charge on any atom is 0.259 e. The van der Waals surface area contributed by atoms with Gasteiger partial charge in [-0.25, -0.2) is 18.1 Å². The summed E-state index contributed by atoms with van der Waals surface area (Å²) in [5.74, 6) is 1.02. The van der Waals surface area contributed by atoms with Crippen LogP contribution in [0.5, 0.6) is 11.5 Å².